The van der Waals surface area contributed by atoms with Crippen molar-refractivity contribution in [2.75, 3.05) is 0 Å². The van der Waals surface area contributed by atoms with Crippen LogP contribution in [0.1, 0.15) is 22.3 Å². The second kappa shape index (κ2) is 5.93. The molecule has 0 aliphatic rings. The molecule has 0 unspecified atom stereocenters. The van der Waals surface area contributed by atoms with E-state index < -0.39 is 11.6 Å². The van der Waals surface area contributed by atoms with Gasteiger partial charge in [0, 0.05) is 17.5 Å². The molecule has 0 N–H and O–H groups in total. The molecule has 0 saturated carbocycles. The molecule has 2 aromatic carbocycles. The van der Waals surface area contributed by atoms with Crippen LogP contribution in [0, 0.1) is 11.6 Å². The Bertz CT molecular complexity index is 594. The molecule has 0 bridgehead atoms. The summed E-state index contributed by atoms with van der Waals surface area (Å²) >= 11 is 5.75. The fraction of sp³-hybridized carbons (Fsp3) is 0.133. The van der Waals surface area contributed by atoms with Gasteiger partial charge < -0.3 is 0 Å². The number of hydrogen-bond acceptors (Lipinski definition) is 1. The van der Waals surface area contributed by atoms with Gasteiger partial charge >= 0.3 is 0 Å². The van der Waals surface area contributed by atoms with E-state index in [0.29, 0.717) is 11.4 Å². The van der Waals surface area contributed by atoms with Gasteiger partial charge in [-0.1, -0.05) is 23.7 Å². The van der Waals surface area contributed by atoms with Crippen LogP contribution in [-0.2, 0) is 6.42 Å². The van der Waals surface area contributed by atoms with E-state index in [1.165, 1.54) is 6.07 Å². The number of Topliss-reactive ketones (excluding diaryl/α,β-unsaturated/α-hetero) is 1. The summed E-state index contributed by atoms with van der Waals surface area (Å²) < 4.78 is 26.1. The third kappa shape index (κ3) is 3.61. The van der Waals surface area contributed by atoms with E-state index in [-0.39, 0.29) is 17.8 Å². The predicted octanol–water partition coefficient (Wildman–Crippen LogP) is 4.43. The van der Waals surface area contributed by atoms with Crippen molar-refractivity contribution in [3.8, 4) is 0 Å². The summed E-state index contributed by atoms with van der Waals surface area (Å²) in [5.74, 6) is -1.85. The van der Waals surface area contributed by atoms with E-state index in [2.05, 4.69) is 0 Å². The Morgan fingerprint density at radius 3 is 2.37 bits per heavy atom. The Kier molecular flexibility index (Phi) is 4.27. The quantitative estimate of drug-likeness (QED) is 0.757. The van der Waals surface area contributed by atoms with Gasteiger partial charge in [-0.15, -0.1) is 0 Å². The van der Waals surface area contributed by atoms with Crippen molar-refractivity contribution in [1.82, 2.24) is 0 Å². The normalized spacial score (nSPS) is 10.5. The SMILES string of the molecule is O=C(CCc1ccc(Cl)cc1)c1ccc(F)cc1F. The number of benzene rings is 2. The molecule has 0 aromatic heterocycles. The Labute approximate surface area is 114 Å². The van der Waals surface area contributed by atoms with Crippen LogP contribution in [0.5, 0.6) is 0 Å². The average molecular weight is 281 g/mol. The van der Waals surface area contributed by atoms with Crippen molar-refractivity contribution in [2.24, 2.45) is 0 Å². The summed E-state index contributed by atoms with van der Waals surface area (Å²) in [7, 11) is 0. The first-order valence-corrected chi connectivity index (χ1v) is 6.17. The summed E-state index contributed by atoms with van der Waals surface area (Å²) in [5.41, 5.74) is 0.871. The molecule has 98 valence electrons. The second-order valence-electron chi connectivity index (χ2n) is 4.17. The zero-order valence-corrected chi connectivity index (χ0v) is 10.8. The summed E-state index contributed by atoms with van der Waals surface area (Å²) in [4.78, 5) is 11.8. The molecule has 0 fully saturated rings. The van der Waals surface area contributed by atoms with Crippen molar-refractivity contribution in [2.45, 2.75) is 12.8 Å². The molecule has 0 spiro atoms. The molecule has 19 heavy (non-hydrogen) atoms. The van der Waals surface area contributed by atoms with Crippen LogP contribution in [0.2, 0.25) is 5.02 Å². The molecule has 0 radical (unpaired) electrons. The summed E-state index contributed by atoms with van der Waals surface area (Å²) in [5, 5.41) is 0.625. The van der Waals surface area contributed by atoms with Gasteiger partial charge in [0.05, 0.1) is 5.56 Å². The second-order valence-corrected chi connectivity index (χ2v) is 4.61. The smallest absolute Gasteiger partial charge is 0.166 e. The highest BCUT2D eigenvalue weighted by atomic mass is 35.5. The maximum absolute atomic E-state index is 13.4. The van der Waals surface area contributed by atoms with E-state index >= 15 is 0 Å². The topological polar surface area (TPSA) is 17.1 Å². The highest BCUT2D eigenvalue weighted by molar-refractivity contribution is 6.30. The van der Waals surface area contributed by atoms with Gasteiger partial charge in [-0.05, 0) is 36.2 Å². The summed E-state index contributed by atoms with van der Waals surface area (Å²) in [6.45, 7) is 0. The first-order valence-electron chi connectivity index (χ1n) is 5.79. The van der Waals surface area contributed by atoms with Crippen molar-refractivity contribution < 1.29 is 13.6 Å². The molecular formula is C15H11ClF2O. The zero-order valence-electron chi connectivity index (χ0n) is 10.00. The van der Waals surface area contributed by atoms with Crippen molar-refractivity contribution in [3.63, 3.8) is 0 Å². The zero-order chi connectivity index (χ0) is 13.8. The van der Waals surface area contributed by atoms with Crippen molar-refractivity contribution >= 4 is 17.4 Å². The number of carbonyl (C=O) groups excluding carboxylic acids is 1. The van der Waals surface area contributed by atoms with Crippen LogP contribution >= 0.6 is 11.6 Å². The van der Waals surface area contributed by atoms with E-state index in [9.17, 15) is 13.6 Å². The van der Waals surface area contributed by atoms with E-state index in [1.807, 2.05) is 12.1 Å². The lowest BCUT2D eigenvalue weighted by Crippen LogP contribution is -2.04. The Morgan fingerprint density at radius 1 is 1.05 bits per heavy atom. The minimum absolute atomic E-state index is 0.0737. The van der Waals surface area contributed by atoms with Gasteiger partial charge in [-0.2, -0.15) is 0 Å². The van der Waals surface area contributed by atoms with Crippen LogP contribution in [0.15, 0.2) is 42.5 Å². The van der Waals surface area contributed by atoms with Crippen LogP contribution in [0.25, 0.3) is 0 Å². The first-order chi connectivity index (χ1) is 9.06. The third-order valence-corrected chi connectivity index (χ3v) is 3.04. The molecule has 0 atom stereocenters. The number of halogens is 3. The molecule has 0 saturated heterocycles. The van der Waals surface area contributed by atoms with Gasteiger partial charge in [0.25, 0.3) is 0 Å². The fourth-order valence-corrected chi connectivity index (χ4v) is 1.89. The fourth-order valence-electron chi connectivity index (χ4n) is 1.76. The minimum Gasteiger partial charge on any atom is -0.294 e. The monoisotopic (exact) mass is 280 g/mol. The van der Waals surface area contributed by atoms with E-state index in [0.717, 1.165) is 17.7 Å². The predicted molar refractivity (Wildman–Crippen MR) is 70.5 cm³/mol. The lowest BCUT2D eigenvalue weighted by molar-refractivity contribution is 0.0979. The molecule has 0 aliphatic heterocycles. The van der Waals surface area contributed by atoms with Gasteiger partial charge in [0.2, 0.25) is 0 Å². The Hall–Kier alpha value is -1.74. The molecule has 4 heteroatoms. The number of ketones is 1. The van der Waals surface area contributed by atoms with Gasteiger partial charge in [-0.25, -0.2) is 8.78 Å². The van der Waals surface area contributed by atoms with Gasteiger partial charge in [-0.3, -0.25) is 4.79 Å². The molecule has 0 heterocycles. The van der Waals surface area contributed by atoms with E-state index in [1.54, 1.807) is 12.1 Å². The maximum atomic E-state index is 13.4. The van der Waals surface area contributed by atoms with Crippen molar-refractivity contribution in [1.29, 1.82) is 0 Å². The minimum atomic E-state index is -0.818. The van der Waals surface area contributed by atoms with Crippen LogP contribution < -0.4 is 0 Å². The lowest BCUT2D eigenvalue weighted by Gasteiger charge is -2.03. The summed E-state index contributed by atoms with van der Waals surface area (Å²) in [6.07, 6.45) is 0.664. The number of rotatable bonds is 4. The Morgan fingerprint density at radius 2 is 1.74 bits per heavy atom. The van der Waals surface area contributed by atoms with Crippen LogP contribution in [-0.4, -0.2) is 5.78 Å². The largest absolute Gasteiger partial charge is 0.294 e. The van der Waals surface area contributed by atoms with Crippen LogP contribution in [0.4, 0.5) is 8.78 Å². The molecule has 0 amide bonds. The molecular weight excluding hydrogens is 270 g/mol. The van der Waals surface area contributed by atoms with Crippen molar-refractivity contribution in [3.05, 3.63) is 70.2 Å². The average Bonchev–Trinajstić information content (AvgIpc) is 2.37. The standard InChI is InChI=1S/C15H11ClF2O/c16-11-4-1-10(2-5-11)3-8-15(19)13-7-6-12(17)9-14(13)18/h1-2,4-7,9H,3,8H2. The molecule has 2 rings (SSSR count). The summed E-state index contributed by atoms with van der Waals surface area (Å²) in [6, 6.07) is 10.1. The number of aryl methyl sites for hydroxylation is 1. The third-order valence-electron chi connectivity index (χ3n) is 2.79. The molecule has 1 nitrogen and oxygen atoms in total. The lowest BCUT2D eigenvalue weighted by atomic mass is 10.0. The molecule has 0 aliphatic carbocycles. The van der Waals surface area contributed by atoms with Gasteiger partial charge in [0.1, 0.15) is 11.6 Å². The number of carbonyl (C=O) groups is 1. The Balaban J connectivity index is 2.03. The van der Waals surface area contributed by atoms with E-state index in [4.69, 9.17) is 11.6 Å². The highest BCUT2D eigenvalue weighted by Gasteiger charge is 2.12. The maximum Gasteiger partial charge on any atom is 0.166 e. The highest BCUT2D eigenvalue weighted by Crippen LogP contribution is 2.15. The first kappa shape index (κ1) is 13.7. The number of hydrogen-bond donors (Lipinski definition) is 0. The molecule has 2 aromatic rings. The van der Waals surface area contributed by atoms with Crippen LogP contribution in [0.3, 0.4) is 0 Å². The van der Waals surface area contributed by atoms with Gasteiger partial charge in [0.15, 0.2) is 5.78 Å².